The number of hydrogen-bond donors (Lipinski definition) is 0. The first-order valence-corrected chi connectivity index (χ1v) is 11.7. The van der Waals surface area contributed by atoms with E-state index in [1.165, 1.54) is 21.2 Å². The predicted molar refractivity (Wildman–Crippen MR) is 105 cm³/mol. The van der Waals surface area contributed by atoms with Gasteiger partial charge in [-0.3, -0.25) is 4.79 Å². The number of thiophene rings is 1. The summed E-state index contributed by atoms with van der Waals surface area (Å²) < 4.78 is 28.3. The van der Waals surface area contributed by atoms with E-state index < -0.39 is 10.0 Å². The van der Waals surface area contributed by atoms with E-state index in [2.05, 4.69) is 15.9 Å². The molecule has 0 atom stereocenters. The number of halogens is 1. The van der Waals surface area contributed by atoms with Crippen molar-refractivity contribution in [1.82, 2.24) is 9.21 Å². The SMILES string of the molecule is O=C(c1ccc(Br)s1)N1CCN(S(=O)(=O)c2ccc3c(c2)CCC3)CC1. The first kappa shape index (κ1) is 18.2. The Labute approximate surface area is 165 Å². The molecule has 1 aliphatic carbocycles. The monoisotopic (exact) mass is 454 g/mol. The number of piperazine rings is 1. The number of amides is 1. The van der Waals surface area contributed by atoms with Crippen molar-refractivity contribution in [3.63, 3.8) is 0 Å². The quantitative estimate of drug-likeness (QED) is 0.715. The lowest BCUT2D eigenvalue weighted by molar-refractivity contribution is 0.0703. The molecule has 26 heavy (non-hydrogen) atoms. The van der Waals surface area contributed by atoms with Crippen LogP contribution in [-0.4, -0.2) is 49.7 Å². The van der Waals surface area contributed by atoms with Crippen LogP contribution in [0.3, 0.4) is 0 Å². The highest BCUT2D eigenvalue weighted by atomic mass is 79.9. The number of carbonyl (C=O) groups is 1. The van der Waals surface area contributed by atoms with Crippen LogP contribution in [0.4, 0.5) is 0 Å². The van der Waals surface area contributed by atoms with Gasteiger partial charge in [0.25, 0.3) is 5.91 Å². The number of carbonyl (C=O) groups excluding carboxylic acids is 1. The van der Waals surface area contributed by atoms with Gasteiger partial charge in [0.05, 0.1) is 13.6 Å². The lowest BCUT2D eigenvalue weighted by atomic mass is 10.1. The van der Waals surface area contributed by atoms with Crippen LogP contribution in [0.1, 0.15) is 27.2 Å². The molecule has 0 unspecified atom stereocenters. The smallest absolute Gasteiger partial charge is 0.264 e. The van der Waals surface area contributed by atoms with Crippen LogP contribution >= 0.6 is 27.3 Å². The summed E-state index contributed by atoms with van der Waals surface area (Å²) in [6.07, 6.45) is 3.09. The van der Waals surface area contributed by atoms with E-state index in [4.69, 9.17) is 0 Å². The molecule has 2 aliphatic rings. The van der Waals surface area contributed by atoms with Crippen LogP contribution in [0.25, 0.3) is 0 Å². The van der Waals surface area contributed by atoms with Gasteiger partial charge in [-0.2, -0.15) is 4.31 Å². The highest BCUT2D eigenvalue weighted by Gasteiger charge is 2.31. The number of rotatable bonds is 3. The fraction of sp³-hybridized carbons (Fsp3) is 0.389. The number of nitrogens with zero attached hydrogens (tertiary/aromatic N) is 2. The molecule has 1 aromatic carbocycles. The molecule has 4 rings (SSSR count). The first-order valence-electron chi connectivity index (χ1n) is 8.62. The molecule has 0 saturated carbocycles. The molecule has 0 spiro atoms. The molecule has 0 N–H and O–H groups in total. The van der Waals surface area contributed by atoms with Crippen molar-refractivity contribution >= 4 is 43.2 Å². The molecule has 1 aromatic heterocycles. The minimum absolute atomic E-state index is 0.0321. The van der Waals surface area contributed by atoms with Crippen molar-refractivity contribution in [3.05, 3.63) is 50.1 Å². The fourth-order valence-corrected chi connectivity index (χ4v) is 6.40. The van der Waals surface area contributed by atoms with Crippen LogP contribution in [0, 0.1) is 0 Å². The molecule has 1 saturated heterocycles. The standard InChI is InChI=1S/C18H19BrN2O3S2/c19-17-7-6-16(25-17)18(22)20-8-10-21(11-9-20)26(23,24)15-5-4-13-2-1-3-14(13)12-15/h4-7,12H,1-3,8-11H2. The number of benzene rings is 1. The second-order valence-corrected chi connectivity index (χ2v) is 11.0. The summed E-state index contributed by atoms with van der Waals surface area (Å²) in [5, 5.41) is 0. The predicted octanol–water partition coefficient (Wildman–Crippen LogP) is 3.15. The van der Waals surface area contributed by atoms with Crippen molar-refractivity contribution in [2.75, 3.05) is 26.2 Å². The van der Waals surface area contributed by atoms with Crippen molar-refractivity contribution in [3.8, 4) is 0 Å². The molecule has 8 heteroatoms. The normalized spacial score (nSPS) is 18.1. The topological polar surface area (TPSA) is 57.7 Å². The van der Waals surface area contributed by atoms with Crippen molar-refractivity contribution in [1.29, 1.82) is 0 Å². The Bertz CT molecular complexity index is 947. The molecular formula is C18H19BrN2O3S2. The Balaban J connectivity index is 1.46. The summed E-state index contributed by atoms with van der Waals surface area (Å²) >= 11 is 4.77. The van der Waals surface area contributed by atoms with E-state index in [1.807, 2.05) is 18.2 Å². The summed E-state index contributed by atoms with van der Waals surface area (Å²) in [6.45, 7) is 1.49. The summed E-state index contributed by atoms with van der Waals surface area (Å²) in [6, 6.07) is 9.15. The van der Waals surface area contributed by atoms with Crippen molar-refractivity contribution in [2.45, 2.75) is 24.2 Å². The van der Waals surface area contributed by atoms with E-state index in [9.17, 15) is 13.2 Å². The van der Waals surface area contributed by atoms with Crippen LogP contribution in [0.5, 0.6) is 0 Å². The highest BCUT2D eigenvalue weighted by molar-refractivity contribution is 9.11. The second-order valence-electron chi connectivity index (χ2n) is 6.58. The maximum Gasteiger partial charge on any atom is 0.264 e. The van der Waals surface area contributed by atoms with E-state index in [1.54, 1.807) is 17.0 Å². The Morgan fingerprint density at radius 3 is 2.42 bits per heavy atom. The summed E-state index contributed by atoms with van der Waals surface area (Å²) in [4.78, 5) is 15.3. The van der Waals surface area contributed by atoms with Crippen LogP contribution in [0.2, 0.25) is 0 Å². The Morgan fingerprint density at radius 2 is 1.73 bits per heavy atom. The third kappa shape index (κ3) is 3.35. The molecule has 0 bridgehead atoms. The largest absolute Gasteiger partial charge is 0.335 e. The molecular weight excluding hydrogens is 436 g/mol. The lowest BCUT2D eigenvalue weighted by Crippen LogP contribution is -2.50. The van der Waals surface area contributed by atoms with Crippen LogP contribution < -0.4 is 0 Å². The molecule has 1 amide bonds. The fourth-order valence-electron chi connectivity index (χ4n) is 3.57. The van der Waals surface area contributed by atoms with Crippen LogP contribution in [-0.2, 0) is 22.9 Å². The van der Waals surface area contributed by atoms with Crippen molar-refractivity contribution in [2.24, 2.45) is 0 Å². The number of hydrogen-bond acceptors (Lipinski definition) is 4. The first-order chi connectivity index (χ1) is 12.4. The average molecular weight is 455 g/mol. The van der Waals surface area contributed by atoms with E-state index in [-0.39, 0.29) is 5.91 Å². The van der Waals surface area contributed by atoms with Gasteiger partial charge in [-0.25, -0.2) is 8.42 Å². The number of fused-ring (bicyclic) bond motifs is 1. The third-order valence-corrected chi connectivity index (χ3v) is 8.52. The molecule has 0 radical (unpaired) electrons. The average Bonchev–Trinajstić information content (AvgIpc) is 3.29. The van der Waals surface area contributed by atoms with Gasteiger partial charge in [0.1, 0.15) is 0 Å². The number of aryl methyl sites for hydroxylation is 2. The Hall–Kier alpha value is -1.22. The van der Waals surface area contributed by atoms with E-state index in [0.29, 0.717) is 36.0 Å². The van der Waals surface area contributed by atoms with Gasteiger partial charge in [-0.1, -0.05) is 6.07 Å². The highest BCUT2D eigenvalue weighted by Crippen LogP contribution is 2.27. The zero-order valence-corrected chi connectivity index (χ0v) is 17.4. The summed E-state index contributed by atoms with van der Waals surface area (Å²) in [7, 11) is -3.50. The number of sulfonamides is 1. The summed E-state index contributed by atoms with van der Waals surface area (Å²) in [5.41, 5.74) is 2.42. The zero-order chi connectivity index (χ0) is 18.3. The van der Waals surface area contributed by atoms with Gasteiger partial charge in [-0.05, 0) is 70.6 Å². The zero-order valence-electron chi connectivity index (χ0n) is 14.2. The lowest BCUT2D eigenvalue weighted by Gasteiger charge is -2.33. The van der Waals surface area contributed by atoms with Gasteiger partial charge < -0.3 is 4.90 Å². The Kier molecular flexibility index (Phi) is 4.94. The Morgan fingerprint density at radius 1 is 1.00 bits per heavy atom. The minimum Gasteiger partial charge on any atom is -0.335 e. The van der Waals surface area contributed by atoms with Gasteiger partial charge in [0.2, 0.25) is 10.0 Å². The van der Waals surface area contributed by atoms with Gasteiger partial charge in [0.15, 0.2) is 0 Å². The van der Waals surface area contributed by atoms with Gasteiger partial charge in [-0.15, -0.1) is 11.3 Å². The molecule has 2 heterocycles. The minimum atomic E-state index is -3.50. The summed E-state index contributed by atoms with van der Waals surface area (Å²) in [5.74, 6) is -0.0321. The van der Waals surface area contributed by atoms with Gasteiger partial charge in [0, 0.05) is 26.2 Å². The van der Waals surface area contributed by atoms with Crippen molar-refractivity contribution < 1.29 is 13.2 Å². The third-order valence-electron chi connectivity index (χ3n) is 5.02. The van der Waals surface area contributed by atoms with E-state index >= 15 is 0 Å². The maximum absolute atomic E-state index is 13.0. The molecule has 1 aliphatic heterocycles. The van der Waals surface area contributed by atoms with Gasteiger partial charge >= 0.3 is 0 Å². The molecule has 1 fully saturated rings. The van der Waals surface area contributed by atoms with Crippen LogP contribution in [0.15, 0.2) is 39.0 Å². The maximum atomic E-state index is 13.0. The molecule has 138 valence electrons. The molecule has 2 aromatic rings. The van der Waals surface area contributed by atoms with E-state index in [0.717, 1.165) is 28.6 Å². The second kappa shape index (κ2) is 7.07. The molecule has 5 nitrogen and oxygen atoms in total.